The Morgan fingerprint density at radius 1 is 1.26 bits per heavy atom. The number of pyridine rings is 1. The number of amidine groups is 1. The van der Waals surface area contributed by atoms with Crippen LogP contribution in [0.25, 0.3) is 0 Å². The molecule has 1 aromatic heterocycles. The van der Waals surface area contributed by atoms with Gasteiger partial charge in [0, 0.05) is 44.4 Å². The lowest BCUT2D eigenvalue weighted by Crippen LogP contribution is -2.31. The standard InChI is InChI=1S/C25H33N5O4.BrH/c1-8-34-19-11-15-12-30(23(26)20(15)28-21(19)24(33)27-5)13-18(31)14-9-16(25(2,3)4)22(32)17(10-14)29(6)7;/h9-11,26,32H,8,12-13H2,1-7H3,(H,27,33);1H. The zero-order valence-corrected chi connectivity index (χ0v) is 23.0. The molecule has 0 spiro atoms. The van der Waals surface area contributed by atoms with Gasteiger partial charge in [-0.3, -0.25) is 15.0 Å². The van der Waals surface area contributed by atoms with Gasteiger partial charge in [0.1, 0.15) is 17.3 Å². The third-order valence-corrected chi connectivity index (χ3v) is 5.75. The van der Waals surface area contributed by atoms with Gasteiger partial charge < -0.3 is 25.0 Å². The number of nitrogens with zero attached hydrogens (tertiary/aromatic N) is 3. The van der Waals surface area contributed by atoms with Gasteiger partial charge in [-0.05, 0) is 30.5 Å². The Morgan fingerprint density at radius 3 is 2.46 bits per heavy atom. The van der Waals surface area contributed by atoms with Gasteiger partial charge in [0.05, 0.1) is 18.8 Å². The van der Waals surface area contributed by atoms with Gasteiger partial charge in [0.2, 0.25) is 0 Å². The Bertz CT molecular complexity index is 1160. The van der Waals surface area contributed by atoms with Crippen LogP contribution in [-0.2, 0) is 12.0 Å². The number of hydrogen-bond donors (Lipinski definition) is 3. The van der Waals surface area contributed by atoms with Gasteiger partial charge in [-0.15, -0.1) is 17.0 Å². The first-order chi connectivity index (χ1) is 15.9. The molecule has 0 bridgehead atoms. The second-order valence-corrected chi connectivity index (χ2v) is 9.52. The minimum absolute atomic E-state index is 0. The van der Waals surface area contributed by atoms with Crippen LogP contribution in [0.4, 0.5) is 5.69 Å². The van der Waals surface area contributed by atoms with Gasteiger partial charge in [0.25, 0.3) is 5.91 Å². The van der Waals surface area contributed by atoms with Crippen LogP contribution in [-0.4, -0.2) is 66.8 Å². The summed E-state index contributed by atoms with van der Waals surface area (Å²) in [7, 11) is 5.14. The zero-order chi connectivity index (χ0) is 25.4. The molecule has 2 aromatic rings. The van der Waals surface area contributed by atoms with Gasteiger partial charge in [-0.1, -0.05) is 20.8 Å². The third-order valence-electron chi connectivity index (χ3n) is 5.75. The van der Waals surface area contributed by atoms with E-state index in [1.807, 2.05) is 41.8 Å². The Morgan fingerprint density at radius 2 is 1.91 bits per heavy atom. The van der Waals surface area contributed by atoms with Crippen molar-refractivity contribution >= 4 is 40.2 Å². The van der Waals surface area contributed by atoms with E-state index in [0.29, 0.717) is 41.4 Å². The lowest BCUT2D eigenvalue weighted by Gasteiger charge is -2.26. The summed E-state index contributed by atoms with van der Waals surface area (Å²) in [5, 5.41) is 21.9. The van der Waals surface area contributed by atoms with E-state index in [4.69, 9.17) is 10.1 Å². The van der Waals surface area contributed by atoms with Crippen LogP contribution >= 0.6 is 17.0 Å². The van der Waals surface area contributed by atoms with Gasteiger partial charge >= 0.3 is 0 Å². The van der Waals surface area contributed by atoms with Crippen molar-refractivity contribution in [2.45, 2.75) is 39.7 Å². The maximum absolute atomic E-state index is 13.3. The molecule has 0 aliphatic carbocycles. The Hall–Kier alpha value is -3.14. The molecule has 3 rings (SSSR count). The molecule has 190 valence electrons. The molecule has 0 saturated carbocycles. The van der Waals surface area contributed by atoms with Gasteiger partial charge in [-0.25, -0.2) is 4.98 Å². The van der Waals surface area contributed by atoms with Crippen molar-refractivity contribution in [2.24, 2.45) is 0 Å². The summed E-state index contributed by atoms with van der Waals surface area (Å²) in [5.41, 5.74) is 2.55. The molecule has 10 heteroatoms. The number of benzene rings is 1. The highest BCUT2D eigenvalue weighted by molar-refractivity contribution is 8.93. The highest BCUT2D eigenvalue weighted by Gasteiger charge is 2.31. The lowest BCUT2D eigenvalue weighted by molar-refractivity contribution is 0.0949. The monoisotopic (exact) mass is 547 g/mol. The number of aromatic nitrogens is 1. The molecule has 0 unspecified atom stereocenters. The highest BCUT2D eigenvalue weighted by atomic mass is 79.9. The third kappa shape index (κ3) is 5.58. The van der Waals surface area contributed by atoms with Crippen molar-refractivity contribution in [3.05, 3.63) is 46.3 Å². The van der Waals surface area contributed by atoms with Crippen molar-refractivity contribution in [2.75, 3.05) is 39.2 Å². The molecule has 9 nitrogen and oxygen atoms in total. The van der Waals surface area contributed by atoms with Crippen molar-refractivity contribution in [3.8, 4) is 11.5 Å². The number of phenols is 1. The van der Waals surface area contributed by atoms with Crippen LogP contribution in [0.5, 0.6) is 11.5 Å². The number of nitrogens with one attached hydrogen (secondary N) is 2. The van der Waals surface area contributed by atoms with Gasteiger partial charge in [0.15, 0.2) is 17.2 Å². The molecule has 0 atom stereocenters. The molecular formula is C25H34BrN5O4. The normalized spacial score (nSPS) is 12.7. The van der Waals surface area contributed by atoms with Crippen LogP contribution in [0.15, 0.2) is 18.2 Å². The topological polar surface area (TPSA) is 119 Å². The second kappa shape index (κ2) is 10.6. The number of carbonyl (C=O) groups is 2. The minimum atomic E-state index is -0.399. The Balaban J connectivity index is 0.00000432. The average Bonchev–Trinajstić information content (AvgIpc) is 3.06. The van der Waals surface area contributed by atoms with Crippen LogP contribution in [0.3, 0.4) is 0 Å². The summed E-state index contributed by atoms with van der Waals surface area (Å²) in [6.07, 6.45) is 0. The highest BCUT2D eigenvalue weighted by Crippen LogP contribution is 2.39. The molecule has 1 amide bonds. The molecule has 1 aromatic carbocycles. The summed E-state index contributed by atoms with van der Waals surface area (Å²) < 4.78 is 5.59. The van der Waals surface area contributed by atoms with Crippen molar-refractivity contribution in [1.82, 2.24) is 15.2 Å². The summed E-state index contributed by atoms with van der Waals surface area (Å²) in [6, 6.07) is 5.12. The number of halogens is 1. The summed E-state index contributed by atoms with van der Waals surface area (Å²) in [6.45, 7) is 8.41. The van der Waals surface area contributed by atoms with Crippen molar-refractivity contribution in [3.63, 3.8) is 0 Å². The fourth-order valence-electron chi connectivity index (χ4n) is 3.93. The van der Waals surface area contributed by atoms with E-state index in [1.54, 1.807) is 28.0 Å². The summed E-state index contributed by atoms with van der Waals surface area (Å²) in [5.74, 6) is 0.0147. The number of hydrogen-bond acceptors (Lipinski definition) is 7. The lowest BCUT2D eigenvalue weighted by atomic mass is 9.84. The molecule has 1 aliphatic rings. The number of ketones is 1. The Kier molecular flexibility index (Phi) is 8.54. The average molecular weight is 548 g/mol. The number of phenolic OH excluding ortho intramolecular Hbond substituents is 1. The van der Waals surface area contributed by atoms with Gasteiger partial charge in [-0.2, -0.15) is 0 Å². The van der Waals surface area contributed by atoms with E-state index in [9.17, 15) is 14.7 Å². The first-order valence-electron chi connectivity index (χ1n) is 11.2. The maximum Gasteiger partial charge on any atom is 0.273 e. The van der Waals surface area contributed by atoms with Crippen molar-refractivity contribution < 1.29 is 19.4 Å². The number of carbonyl (C=O) groups excluding carboxylic acids is 2. The smallest absolute Gasteiger partial charge is 0.273 e. The molecular weight excluding hydrogens is 514 g/mol. The van der Waals surface area contributed by atoms with E-state index in [2.05, 4.69) is 10.3 Å². The number of anilines is 1. The molecule has 0 fully saturated rings. The largest absolute Gasteiger partial charge is 0.505 e. The van der Waals surface area contributed by atoms with Crippen LogP contribution in [0, 0.1) is 5.41 Å². The number of rotatable bonds is 7. The minimum Gasteiger partial charge on any atom is -0.505 e. The van der Waals surface area contributed by atoms with E-state index in [0.717, 1.165) is 5.56 Å². The van der Waals surface area contributed by atoms with E-state index < -0.39 is 5.91 Å². The number of fused-ring (bicyclic) bond motifs is 1. The van der Waals surface area contributed by atoms with Crippen LogP contribution in [0.1, 0.15) is 65.4 Å². The number of amides is 1. The van der Waals surface area contributed by atoms with Crippen LogP contribution < -0.4 is 15.0 Å². The first-order valence-corrected chi connectivity index (χ1v) is 11.2. The van der Waals surface area contributed by atoms with E-state index in [-0.39, 0.29) is 52.0 Å². The molecule has 35 heavy (non-hydrogen) atoms. The fraction of sp³-hybridized carbons (Fsp3) is 0.440. The number of ether oxygens (including phenoxy) is 1. The molecule has 0 saturated heterocycles. The van der Waals surface area contributed by atoms with Crippen LogP contribution in [0.2, 0.25) is 0 Å². The predicted octanol–water partition coefficient (Wildman–Crippen LogP) is 3.51. The van der Waals surface area contributed by atoms with E-state index in [1.165, 1.54) is 7.05 Å². The predicted molar refractivity (Wildman–Crippen MR) is 142 cm³/mol. The summed E-state index contributed by atoms with van der Waals surface area (Å²) >= 11 is 0. The second-order valence-electron chi connectivity index (χ2n) is 9.52. The first kappa shape index (κ1) is 28.1. The maximum atomic E-state index is 13.3. The van der Waals surface area contributed by atoms with Crippen molar-refractivity contribution in [1.29, 1.82) is 5.41 Å². The molecule has 1 aliphatic heterocycles. The Labute approximate surface area is 216 Å². The fourth-order valence-corrected chi connectivity index (χ4v) is 3.93. The van der Waals surface area contributed by atoms with E-state index >= 15 is 0 Å². The molecule has 3 N–H and O–H groups in total. The number of Topliss-reactive ketones (excluding diaryl/α,β-unsaturated/α-hetero) is 1. The quantitative estimate of drug-likeness (QED) is 0.453. The summed E-state index contributed by atoms with van der Waals surface area (Å²) in [4.78, 5) is 33.4. The molecule has 0 radical (unpaired) electrons. The number of aromatic hydroxyl groups is 1. The molecule has 2 heterocycles. The SMILES string of the molecule is Br.CCOc1cc2c(nc1C(=O)NC)C(=N)N(CC(=O)c1cc(N(C)C)c(O)c(C(C)(C)C)c1)C2. The zero-order valence-electron chi connectivity index (χ0n) is 21.3.